The molecule has 1 heterocycles. The van der Waals surface area contributed by atoms with Gasteiger partial charge in [0, 0.05) is 30.8 Å². The zero-order valence-corrected chi connectivity index (χ0v) is 18.1. The molecule has 0 aliphatic heterocycles. The molecule has 3 rings (SSSR count). The van der Waals surface area contributed by atoms with Crippen molar-refractivity contribution < 1.29 is 17.7 Å². The van der Waals surface area contributed by atoms with E-state index >= 15 is 0 Å². The quantitative estimate of drug-likeness (QED) is 0.620. The van der Waals surface area contributed by atoms with E-state index in [1.165, 1.54) is 4.31 Å². The molecule has 0 radical (unpaired) electrons. The van der Waals surface area contributed by atoms with Gasteiger partial charge < -0.3 is 9.84 Å². The molecule has 1 amide bonds. The Bertz CT molecular complexity index is 1120. The minimum atomic E-state index is -3.53. The lowest BCUT2D eigenvalue weighted by Crippen LogP contribution is -2.33. The molecular weight excluding hydrogens is 404 g/mol. The molecule has 8 nitrogen and oxygen atoms in total. The number of hydrogen-bond acceptors (Lipinski definition) is 6. The van der Waals surface area contributed by atoms with Crippen molar-refractivity contribution in [3.05, 3.63) is 65.5 Å². The van der Waals surface area contributed by atoms with Crippen LogP contribution in [0.25, 0.3) is 11.5 Å². The zero-order chi connectivity index (χ0) is 21.9. The van der Waals surface area contributed by atoms with E-state index in [2.05, 4.69) is 15.5 Å². The number of aryl methyl sites for hydroxylation is 1. The zero-order valence-electron chi connectivity index (χ0n) is 17.3. The number of hydrogen-bond donors (Lipinski definition) is 1. The fourth-order valence-electron chi connectivity index (χ4n) is 2.69. The summed E-state index contributed by atoms with van der Waals surface area (Å²) in [6, 6.07) is 13.2. The molecule has 0 saturated carbocycles. The second kappa shape index (κ2) is 8.76. The lowest BCUT2D eigenvalue weighted by atomic mass is 10.1. The van der Waals surface area contributed by atoms with Gasteiger partial charge >= 0.3 is 0 Å². The van der Waals surface area contributed by atoms with Gasteiger partial charge in [0.2, 0.25) is 10.0 Å². The van der Waals surface area contributed by atoms with Crippen LogP contribution in [0.4, 0.5) is 0 Å². The summed E-state index contributed by atoms with van der Waals surface area (Å²) in [6.45, 7) is 5.65. The average molecular weight is 429 g/mol. The van der Waals surface area contributed by atoms with Gasteiger partial charge in [0.25, 0.3) is 11.8 Å². The summed E-state index contributed by atoms with van der Waals surface area (Å²) in [7, 11) is -1.97. The number of carbonyl (C=O) groups excluding carboxylic acids is 1. The minimum Gasteiger partial charge on any atom is -0.348 e. The Balaban J connectivity index is 1.62. The van der Waals surface area contributed by atoms with E-state index in [0.717, 1.165) is 11.1 Å². The molecule has 0 bridgehead atoms. The number of rotatable bonds is 7. The summed E-state index contributed by atoms with van der Waals surface area (Å²) in [5.74, 6) is 0.707. The number of benzene rings is 2. The molecule has 1 aromatic heterocycles. The van der Waals surface area contributed by atoms with Crippen LogP contribution in [-0.4, -0.2) is 41.9 Å². The van der Waals surface area contributed by atoms with Crippen molar-refractivity contribution in [3.63, 3.8) is 0 Å². The molecule has 1 N–H and O–H groups in total. The van der Waals surface area contributed by atoms with Gasteiger partial charge in [-0.15, -0.1) is 0 Å². The largest absolute Gasteiger partial charge is 0.348 e. The molecule has 2 aromatic carbocycles. The van der Waals surface area contributed by atoms with Crippen molar-refractivity contribution in [2.45, 2.75) is 38.3 Å². The van der Waals surface area contributed by atoms with Gasteiger partial charge in [-0.2, -0.15) is 9.29 Å². The van der Waals surface area contributed by atoms with Crippen LogP contribution in [0.15, 0.2) is 57.9 Å². The molecule has 0 fully saturated rings. The lowest BCUT2D eigenvalue weighted by Gasteiger charge is -2.21. The molecule has 0 unspecified atom stereocenters. The third-order valence-electron chi connectivity index (χ3n) is 4.70. The van der Waals surface area contributed by atoms with Crippen molar-refractivity contribution in [1.82, 2.24) is 19.8 Å². The first-order valence-electron chi connectivity index (χ1n) is 9.44. The first-order chi connectivity index (χ1) is 14.2. The molecule has 158 valence electrons. The lowest BCUT2D eigenvalue weighted by molar-refractivity contribution is 0.0951. The van der Waals surface area contributed by atoms with Crippen LogP contribution in [0.3, 0.4) is 0 Å². The maximum atomic E-state index is 12.5. The number of sulfonamides is 1. The first kappa shape index (κ1) is 21.7. The molecule has 0 saturated heterocycles. The highest BCUT2D eigenvalue weighted by molar-refractivity contribution is 7.89. The first-order valence-corrected chi connectivity index (χ1v) is 10.9. The number of amides is 1. The van der Waals surface area contributed by atoms with Crippen LogP contribution >= 0.6 is 0 Å². The van der Waals surface area contributed by atoms with Crippen LogP contribution in [0, 0.1) is 6.92 Å². The van der Waals surface area contributed by atoms with Crippen LogP contribution in [0.1, 0.15) is 35.6 Å². The van der Waals surface area contributed by atoms with Crippen molar-refractivity contribution in [1.29, 1.82) is 0 Å². The van der Waals surface area contributed by atoms with Crippen LogP contribution in [-0.2, 0) is 16.6 Å². The maximum Gasteiger partial charge on any atom is 0.257 e. The average Bonchev–Trinajstić information content (AvgIpc) is 3.18. The van der Waals surface area contributed by atoms with Crippen molar-refractivity contribution >= 4 is 15.9 Å². The second-order valence-corrected chi connectivity index (χ2v) is 9.16. The van der Waals surface area contributed by atoms with E-state index in [-0.39, 0.29) is 23.4 Å². The Morgan fingerprint density at radius 2 is 1.73 bits per heavy atom. The van der Waals surface area contributed by atoms with Gasteiger partial charge in [-0.25, -0.2) is 8.42 Å². The van der Waals surface area contributed by atoms with E-state index in [1.54, 1.807) is 62.5 Å². The smallest absolute Gasteiger partial charge is 0.257 e. The second-order valence-electron chi connectivity index (χ2n) is 7.17. The topological polar surface area (TPSA) is 105 Å². The van der Waals surface area contributed by atoms with Crippen LogP contribution < -0.4 is 5.32 Å². The van der Waals surface area contributed by atoms with E-state index in [9.17, 15) is 13.2 Å². The highest BCUT2D eigenvalue weighted by atomic mass is 32.2. The van der Waals surface area contributed by atoms with Crippen molar-refractivity contribution in [2.24, 2.45) is 0 Å². The number of nitrogens with zero attached hydrogens (tertiary/aromatic N) is 3. The summed E-state index contributed by atoms with van der Waals surface area (Å²) in [6.07, 6.45) is 0. The summed E-state index contributed by atoms with van der Waals surface area (Å²) >= 11 is 0. The Hall–Kier alpha value is -3.04. The Morgan fingerprint density at radius 3 is 2.27 bits per heavy atom. The Morgan fingerprint density at radius 1 is 1.10 bits per heavy atom. The van der Waals surface area contributed by atoms with Gasteiger partial charge in [-0.3, -0.25) is 4.79 Å². The molecule has 0 spiro atoms. The predicted molar refractivity (Wildman–Crippen MR) is 112 cm³/mol. The summed E-state index contributed by atoms with van der Waals surface area (Å²) in [5, 5.41) is 6.57. The third kappa shape index (κ3) is 4.74. The summed E-state index contributed by atoms with van der Waals surface area (Å²) in [4.78, 5) is 16.8. The summed E-state index contributed by atoms with van der Waals surface area (Å²) < 4.78 is 31.4. The highest BCUT2D eigenvalue weighted by Gasteiger charge is 2.22. The molecule has 9 heteroatoms. The van der Waals surface area contributed by atoms with Gasteiger partial charge in [-0.05, 0) is 62.7 Å². The van der Waals surface area contributed by atoms with Crippen molar-refractivity contribution in [3.8, 4) is 11.5 Å². The normalized spacial score (nSPS) is 11.8. The number of aromatic nitrogens is 2. The molecule has 0 aliphatic carbocycles. The molecule has 0 aliphatic rings. The van der Waals surface area contributed by atoms with Crippen molar-refractivity contribution in [2.75, 3.05) is 7.05 Å². The van der Waals surface area contributed by atoms with E-state index < -0.39 is 10.0 Å². The Kier molecular flexibility index (Phi) is 6.33. The van der Waals surface area contributed by atoms with Gasteiger partial charge in [0.1, 0.15) is 0 Å². The molecule has 0 atom stereocenters. The minimum absolute atomic E-state index is 0.135. The molecule has 3 aromatic rings. The molecular formula is C21H24N4O4S. The SMILES string of the molecule is Cc1noc(-c2ccc(C(=O)NCc3ccc(S(=O)(=O)N(C)C(C)C)cc3)cc2)n1. The van der Waals surface area contributed by atoms with Gasteiger partial charge in [0.05, 0.1) is 4.90 Å². The standard InChI is InChI=1S/C21H24N4O4S/c1-14(2)25(4)30(27,28)19-11-5-16(6-12-19)13-22-20(26)17-7-9-18(10-8-17)21-23-15(3)24-29-21/h5-12,14H,13H2,1-4H3,(H,22,26). The van der Waals surface area contributed by atoms with E-state index in [0.29, 0.717) is 17.3 Å². The number of carbonyl (C=O) groups is 1. The molecule has 30 heavy (non-hydrogen) atoms. The van der Waals surface area contributed by atoms with E-state index in [4.69, 9.17) is 4.52 Å². The highest BCUT2D eigenvalue weighted by Crippen LogP contribution is 2.19. The third-order valence-corrected chi connectivity index (χ3v) is 6.75. The number of nitrogens with one attached hydrogen (secondary N) is 1. The fourth-order valence-corrected chi connectivity index (χ4v) is 4.05. The summed E-state index contributed by atoms with van der Waals surface area (Å²) in [5.41, 5.74) is 2.02. The predicted octanol–water partition coefficient (Wildman–Crippen LogP) is 3.00. The van der Waals surface area contributed by atoms with Gasteiger partial charge in [-0.1, -0.05) is 17.3 Å². The monoisotopic (exact) mass is 428 g/mol. The Labute approximate surface area is 176 Å². The fraction of sp³-hybridized carbons (Fsp3) is 0.286. The maximum absolute atomic E-state index is 12.5. The van der Waals surface area contributed by atoms with E-state index in [1.807, 2.05) is 13.8 Å². The van der Waals surface area contributed by atoms with Gasteiger partial charge in [0.15, 0.2) is 5.82 Å². The van der Waals surface area contributed by atoms with Crippen LogP contribution in [0.2, 0.25) is 0 Å². The van der Waals surface area contributed by atoms with Crippen LogP contribution in [0.5, 0.6) is 0 Å².